The van der Waals surface area contributed by atoms with E-state index >= 15 is 0 Å². The molecule has 5 nitrogen and oxygen atoms in total. The van der Waals surface area contributed by atoms with Crippen LogP contribution in [-0.2, 0) is 0 Å². The van der Waals surface area contributed by atoms with Gasteiger partial charge in [0, 0.05) is 5.56 Å². The first-order chi connectivity index (χ1) is 13.2. The normalized spacial score (nSPS) is 26.4. The molecule has 1 aliphatic carbocycles. The van der Waals surface area contributed by atoms with Crippen molar-refractivity contribution in [1.29, 1.82) is 0 Å². The van der Waals surface area contributed by atoms with Gasteiger partial charge >= 0.3 is 0 Å². The Bertz CT molecular complexity index is 808. The molecule has 1 aromatic rings. The van der Waals surface area contributed by atoms with Crippen molar-refractivity contribution in [2.24, 2.45) is 17.8 Å². The van der Waals surface area contributed by atoms with Gasteiger partial charge in [0.05, 0.1) is 11.1 Å². The van der Waals surface area contributed by atoms with Gasteiger partial charge in [0.2, 0.25) is 0 Å². The highest BCUT2D eigenvalue weighted by Gasteiger charge is 2.44. The first-order valence-corrected chi connectivity index (χ1v) is 10.1. The smallest absolute Gasteiger partial charge is 0.157 e. The highest BCUT2D eigenvalue weighted by molar-refractivity contribution is 5.95. The Morgan fingerprint density at radius 1 is 1.14 bits per heavy atom. The third-order valence-electron chi connectivity index (χ3n) is 6.21. The Kier molecular flexibility index (Phi) is 5.55. The number of benzene rings is 1. The van der Waals surface area contributed by atoms with Crippen LogP contribution < -0.4 is 4.74 Å². The molecular formula is C23H30O5. The van der Waals surface area contributed by atoms with Crippen LogP contribution in [0.25, 0.3) is 0 Å². The number of phenols is 2. The predicted molar refractivity (Wildman–Crippen MR) is 107 cm³/mol. The number of aromatic hydroxyl groups is 2. The fraction of sp³-hybridized carbons (Fsp3) is 0.565. The van der Waals surface area contributed by atoms with Crippen LogP contribution in [0.4, 0.5) is 0 Å². The molecule has 0 amide bonds. The van der Waals surface area contributed by atoms with E-state index in [9.17, 15) is 19.8 Å². The first kappa shape index (κ1) is 20.4. The largest absolute Gasteiger partial charge is 0.507 e. The molecule has 1 spiro atoms. The molecule has 0 fully saturated rings. The summed E-state index contributed by atoms with van der Waals surface area (Å²) in [6.45, 7) is 8.61. The van der Waals surface area contributed by atoms with Crippen molar-refractivity contribution in [3.8, 4) is 17.2 Å². The second-order valence-corrected chi connectivity index (χ2v) is 9.01. The minimum atomic E-state index is -0.558. The summed E-state index contributed by atoms with van der Waals surface area (Å²) in [4.78, 5) is 23.2. The van der Waals surface area contributed by atoms with E-state index < -0.39 is 11.4 Å². The fourth-order valence-corrected chi connectivity index (χ4v) is 4.71. The first-order valence-electron chi connectivity index (χ1n) is 10.1. The molecule has 28 heavy (non-hydrogen) atoms. The number of hydrogen-bond donors (Lipinski definition) is 2. The van der Waals surface area contributed by atoms with Crippen molar-refractivity contribution in [1.82, 2.24) is 0 Å². The molecule has 152 valence electrons. The molecule has 1 heterocycles. The summed E-state index contributed by atoms with van der Waals surface area (Å²) in [6.07, 6.45) is 8.47. The third-order valence-corrected chi connectivity index (χ3v) is 6.21. The van der Waals surface area contributed by atoms with Crippen LogP contribution in [-0.4, -0.2) is 28.4 Å². The highest BCUT2D eigenvalue weighted by atomic mass is 16.5. The van der Waals surface area contributed by atoms with Gasteiger partial charge in [-0.1, -0.05) is 33.8 Å². The van der Waals surface area contributed by atoms with E-state index in [1.165, 1.54) is 0 Å². The van der Waals surface area contributed by atoms with Crippen molar-refractivity contribution >= 4 is 12.6 Å². The molecule has 2 N–H and O–H groups in total. The molecule has 0 aromatic heterocycles. The topological polar surface area (TPSA) is 83.8 Å². The lowest BCUT2D eigenvalue weighted by atomic mass is 9.71. The molecule has 0 bridgehead atoms. The van der Waals surface area contributed by atoms with E-state index in [2.05, 4.69) is 39.8 Å². The van der Waals surface area contributed by atoms with E-state index in [1.54, 1.807) is 0 Å². The van der Waals surface area contributed by atoms with Crippen molar-refractivity contribution in [3.63, 3.8) is 0 Å². The number of carbonyl (C=O) groups excluding carboxylic acids is 2. The molecule has 2 aliphatic rings. The standard InChI is InChI=1S/C23H30O5/c1-13(2)9-16-10-23(7-5-15(6-8-23)14(3)4)28-22-18(12-25)20(26)17(11-24)21(27)19(16)22/h5,7,11-16,26-27H,6,8-10H2,1-4H3/t15-,16+,23+/m1/s1. The van der Waals surface area contributed by atoms with E-state index in [-0.39, 0.29) is 28.5 Å². The average Bonchev–Trinajstić information content (AvgIpc) is 2.62. The molecule has 3 rings (SSSR count). The maximum Gasteiger partial charge on any atom is 0.157 e. The van der Waals surface area contributed by atoms with E-state index in [1.807, 2.05) is 0 Å². The Morgan fingerprint density at radius 2 is 1.82 bits per heavy atom. The maximum atomic E-state index is 11.8. The number of allylic oxidation sites excluding steroid dienone is 1. The Balaban J connectivity index is 2.16. The molecule has 3 atom stereocenters. The van der Waals surface area contributed by atoms with Crippen LogP contribution in [0.15, 0.2) is 12.2 Å². The number of carbonyl (C=O) groups is 2. The predicted octanol–water partition coefficient (Wildman–Crippen LogP) is 5.00. The van der Waals surface area contributed by atoms with Crippen LogP contribution in [0.1, 0.15) is 85.6 Å². The molecule has 0 saturated heterocycles. The van der Waals surface area contributed by atoms with E-state index in [0.29, 0.717) is 42.3 Å². The highest BCUT2D eigenvalue weighted by Crippen LogP contribution is 2.54. The zero-order valence-corrected chi connectivity index (χ0v) is 17.1. The summed E-state index contributed by atoms with van der Waals surface area (Å²) in [7, 11) is 0. The molecule has 0 radical (unpaired) electrons. The minimum absolute atomic E-state index is 0.0536. The van der Waals surface area contributed by atoms with Crippen LogP contribution >= 0.6 is 0 Å². The summed E-state index contributed by atoms with van der Waals surface area (Å²) in [5.74, 6) is 0.766. The van der Waals surface area contributed by atoms with Crippen LogP contribution in [0.5, 0.6) is 17.2 Å². The summed E-state index contributed by atoms with van der Waals surface area (Å²) in [5.41, 5.74) is -0.381. The average molecular weight is 386 g/mol. The van der Waals surface area contributed by atoms with E-state index in [0.717, 1.165) is 19.3 Å². The van der Waals surface area contributed by atoms with Crippen molar-refractivity contribution < 1.29 is 24.5 Å². The number of aldehydes is 2. The van der Waals surface area contributed by atoms with Gasteiger partial charge in [-0.15, -0.1) is 0 Å². The van der Waals surface area contributed by atoms with Gasteiger partial charge in [0.15, 0.2) is 12.6 Å². The summed E-state index contributed by atoms with van der Waals surface area (Å²) in [6, 6.07) is 0. The number of hydrogen-bond acceptors (Lipinski definition) is 5. The second kappa shape index (κ2) is 7.61. The number of rotatable bonds is 5. The Hall–Kier alpha value is -2.30. The third kappa shape index (κ3) is 3.43. The van der Waals surface area contributed by atoms with Gasteiger partial charge in [-0.05, 0) is 55.4 Å². The molecule has 1 aliphatic heterocycles. The van der Waals surface area contributed by atoms with Gasteiger partial charge in [-0.3, -0.25) is 9.59 Å². The van der Waals surface area contributed by atoms with Crippen LogP contribution in [0.2, 0.25) is 0 Å². The molecule has 1 aromatic carbocycles. The summed E-state index contributed by atoms with van der Waals surface area (Å²) < 4.78 is 6.33. The Labute approximate surface area is 166 Å². The second-order valence-electron chi connectivity index (χ2n) is 9.01. The van der Waals surface area contributed by atoms with E-state index in [4.69, 9.17) is 4.74 Å². The van der Waals surface area contributed by atoms with Crippen molar-refractivity contribution in [2.45, 2.75) is 64.9 Å². The maximum absolute atomic E-state index is 11.8. The quantitative estimate of drug-likeness (QED) is 0.550. The molecule has 5 heteroatoms. The molecular weight excluding hydrogens is 356 g/mol. The molecule has 0 unspecified atom stereocenters. The number of fused-ring (bicyclic) bond motifs is 1. The summed E-state index contributed by atoms with van der Waals surface area (Å²) >= 11 is 0. The number of ether oxygens (including phenoxy) is 1. The monoisotopic (exact) mass is 386 g/mol. The van der Waals surface area contributed by atoms with Gasteiger partial charge in [-0.25, -0.2) is 0 Å². The zero-order chi connectivity index (χ0) is 20.6. The SMILES string of the molecule is CC(C)C[C@H]1C[C@@]2(C=C[C@@H](C(C)C)CC2)Oc2c(C=O)c(O)c(C=O)c(O)c21. The van der Waals surface area contributed by atoms with Crippen molar-refractivity contribution in [3.05, 3.63) is 28.8 Å². The zero-order valence-electron chi connectivity index (χ0n) is 17.1. The van der Waals surface area contributed by atoms with Crippen molar-refractivity contribution in [2.75, 3.05) is 0 Å². The van der Waals surface area contributed by atoms with Gasteiger partial charge in [0.1, 0.15) is 22.8 Å². The fourth-order valence-electron chi connectivity index (χ4n) is 4.71. The van der Waals surface area contributed by atoms with Gasteiger partial charge in [0.25, 0.3) is 0 Å². The Morgan fingerprint density at radius 3 is 2.32 bits per heavy atom. The van der Waals surface area contributed by atoms with Gasteiger partial charge in [-0.2, -0.15) is 0 Å². The van der Waals surface area contributed by atoms with Crippen LogP contribution in [0.3, 0.4) is 0 Å². The lowest BCUT2D eigenvalue weighted by Crippen LogP contribution is -2.42. The summed E-state index contributed by atoms with van der Waals surface area (Å²) in [5, 5.41) is 21.1. The molecule has 0 saturated carbocycles. The van der Waals surface area contributed by atoms with Crippen LogP contribution in [0, 0.1) is 17.8 Å². The lowest BCUT2D eigenvalue weighted by molar-refractivity contribution is 0.0531. The van der Waals surface area contributed by atoms with Gasteiger partial charge < -0.3 is 14.9 Å². The lowest BCUT2D eigenvalue weighted by Gasteiger charge is -2.44. The minimum Gasteiger partial charge on any atom is -0.507 e. The number of phenolic OH excluding ortho intramolecular Hbond substituents is 2.